The lowest BCUT2D eigenvalue weighted by molar-refractivity contribution is 0.131. The summed E-state index contributed by atoms with van der Waals surface area (Å²) >= 11 is 0. The first kappa shape index (κ1) is 14.2. The van der Waals surface area contributed by atoms with Crippen molar-refractivity contribution in [3.8, 4) is 0 Å². The Morgan fingerprint density at radius 1 is 1.33 bits per heavy atom. The Labute approximate surface area is 124 Å². The number of hydrogen-bond donors (Lipinski definition) is 0. The Hall–Kier alpha value is -1.79. The number of ether oxygens (including phenoxy) is 1. The summed E-state index contributed by atoms with van der Waals surface area (Å²) in [6.45, 7) is 6.37. The van der Waals surface area contributed by atoms with Crippen LogP contribution in [0.2, 0.25) is 0 Å². The molecule has 6 heteroatoms. The molecule has 0 spiro atoms. The highest BCUT2D eigenvalue weighted by Crippen LogP contribution is 2.28. The monoisotopic (exact) mass is 287 g/mol. The Morgan fingerprint density at radius 2 is 2.14 bits per heavy atom. The number of fused-ring (bicyclic) bond motifs is 1. The van der Waals surface area contributed by atoms with Crippen LogP contribution in [0, 0.1) is 0 Å². The lowest BCUT2D eigenvalue weighted by atomic mass is 9.98. The van der Waals surface area contributed by atoms with E-state index in [-0.39, 0.29) is 0 Å². The van der Waals surface area contributed by atoms with E-state index in [2.05, 4.69) is 39.3 Å². The summed E-state index contributed by atoms with van der Waals surface area (Å²) in [5.41, 5.74) is 3.59. The van der Waals surface area contributed by atoms with Crippen LogP contribution in [-0.2, 0) is 24.4 Å². The molecule has 112 valence electrons. The van der Waals surface area contributed by atoms with E-state index in [1.807, 2.05) is 17.1 Å². The van der Waals surface area contributed by atoms with Gasteiger partial charge in [0.25, 0.3) is 0 Å². The van der Waals surface area contributed by atoms with Crippen LogP contribution in [0.3, 0.4) is 0 Å². The molecule has 1 aliphatic heterocycles. The first-order valence-electron chi connectivity index (χ1n) is 7.34. The Bertz CT molecular complexity index is 583. The maximum atomic E-state index is 5.40. The van der Waals surface area contributed by atoms with Gasteiger partial charge in [0.1, 0.15) is 5.69 Å². The Balaban J connectivity index is 1.81. The number of aryl methyl sites for hydroxylation is 1. The van der Waals surface area contributed by atoms with E-state index in [1.165, 1.54) is 11.3 Å². The maximum Gasteiger partial charge on any atom is 0.100 e. The van der Waals surface area contributed by atoms with Crippen LogP contribution in [0.5, 0.6) is 0 Å². The maximum absolute atomic E-state index is 5.40. The molecule has 0 amide bonds. The summed E-state index contributed by atoms with van der Waals surface area (Å²) in [6.07, 6.45) is 3.68. The topological polar surface area (TPSA) is 56.1 Å². The number of aromatic nitrogens is 4. The predicted octanol–water partition coefficient (Wildman–Crippen LogP) is 1.44. The van der Waals surface area contributed by atoms with Gasteiger partial charge in [0.15, 0.2) is 0 Å². The van der Waals surface area contributed by atoms with Gasteiger partial charge in [-0.05, 0) is 24.6 Å². The number of methoxy groups -OCH3 is 1. The molecule has 1 atom stereocenters. The molecule has 2 aromatic rings. The minimum atomic E-state index is 0.329. The summed E-state index contributed by atoms with van der Waals surface area (Å²) in [6, 6.07) is 4.12. The molecule has 0 saturated heterocycles. The third-order valence-corrected chi connectivity index (χ3v) is 3.91. The van der Waals surface area contributed by atoms with Crippen molar-refractivity contribution in [2.75, 3.05) is 20.3 Å². The predicted molar refractivity (Wildman–Crippen MR) is 78.7 cm³/mol. The molecule has 0 saturated carbocycles. The molecular weight excluding hydrogens is 266 g/mol. The lowest BCUT2D eigenvalue weighted by Crippen LogP contribution is -2.36. The summed E-state index contributed by atoms with van der Waals surface area (Å²) in [4.78, 5) is 6.47. The molecule has 0 unspecified atom stereocenters. The van der Waals surface area contributed by atoms with Gasteiger partial charge < -0.3 is 4.74 Å². The standard InChI is InChI=1S/C15H21N5O/c1-3-20-15-13(11-21-2)9-19(10-14(15)17-18-20)8-12-4-6-16-7-5-12/h4-7,13H,3,8-11H2,1-2H3/t13-/m0/s1. The summed E-state index contributed by atoms with van der Waals surface area (Å²) in [5.74, 6) is 0.329. The van der Waals surface area contributed by atoms with Crippen LogP contribution >= 0.6 is 0 Å². The molecule has 0 bridgehead atoms. The molecule has 0 aromatic carbocycles. The van der Waals surface area contributed by atoms with Gasteiger partial charge in [-0.15, -0.1) is 5.10 Å². The van der Waals surface area contributed by atoms with Crippen molar-refractivity contribution in [2.45, 2.75) is 32.5 Å². The fourth-order valence-electron chi connectivity index (χ4n) is 3.02. The molecule has 3 heterocycles. The third-order valence-electron chi connectivity index (χ3n) is 3.91. The smallest absolute Gasteiger partial charge is 0.100 e. The van der Waals surface area contributed by atoms with Gasteiger partial charge in [-0.3, -0.25) is 9.88 Å². The quantitative estimate of drug-likeness (QED) is 0.833. The molecule has 3 rings (SSSR count). The highest BCUT2D eigenvalue weighted by molar-refractivity contribution is 5.21. The summed E-state index contributed by atoms with van der Waals surface area (Å²) in [5, 5.41) is 8.62. The van der Waals surface area contributed by atoms with E-state index < -0.39 is 0 Å². The number of nitrogens with zero attached hydrogens (tertiary/aromatic N) is 5. The van der Waals surface area contributed by atoms with Gasteiger partial charge in [0.05, 0.1) is 12.3 Å². The molecule has 0 radical (unpaired) electrons. The molecular formula is C15H21N5O. The normalized spacial score (nSPS) is 18.7. The molecule has 1 aliphatic rings. The molecule has 0 aliphatic carbocycles. The Morgan fingerprint density at radius 3 is 2.86 bits per heavy atom. The number of hydrogen-bond acceptors (Lipinski definition) is 5. The van der Waals surface area contributed by atoms with E-state index >= 15 is 0 Å². The number of pyridine rings is 1. The highest BCUT2D eigenvalue weighted by atomic mass is 16.5. The van der Waals surface area contributed by atoms with Crippen molar-refractivity contribution in [1.29, 1.82) is 0 Å². The van der Waals surface area contributed by atoms with Gasteiger partial charge in [-0.25, -0.2) is 4.68 Å². The summed E-state index contributed by atoms with van der Waals surface area (Å²) in [7, 11) is 1.75. The second-order valence-corrected chi connectivity index (χ2v) is 5.41. The minimum Gasteiger partial charge on any atom is -0.384 e. The van der Waals surface area contributed by atoms with Gasteiger partial charge in [0, 0.05) is 51.6 Å². The average Bonchev–Trinajstić information content (AvgIpc) is 2.92. The van der Waals surface area contributed by atoms with Crippen molar-refractivity contribution >= 4 is 0 Å². The zero-order valence-corrected chi connectivity index (χ0v) is 12.6. The van der Waals surface area contributed by atoms with Crippen LogP contribution in [0.1, 0.15) is 29.8 Å². The first-order chi connectivity index (χ1) is 10.3. The molecule has 21 heavy (non-hydrogen) atoms. The van der Waals surface area contributed by atoms with Crippen molar-refractivity contribution in [3.63, 3.8) is 0 Å². The van der Waals surface area contributed by atoms with Crippen molar-refractivity contribution in [1.82, 2.24) is 24.9 Å². The van der Waals surface area contributed by atoms with Crippen LogP contribution in [-0.4, -0.2) is 45.1 Å². The largest absolute Gasteiger partial charge is 0.384 e. The Kier molecular flexibility index (Phi) is 4.26. The summed E-state index contributed by atoms with van der Waals surface area (Å²) < 4.78 is 7.40. The molecule has 2 aromatic heterocycles. The van der Waals surface area contributed by atoms with E-state index in [0.29, 0.717) is 12.5 Å². The van der Waals surface area contributed by atoms with E-state index in [0.717, 1.165) is 31.9 Å². The zero-order chi connectivity index (χ0) is 14.7. The first-order valence-corrected chi connectivity index (χ1v) is 7.34. The minimum absolute atomic E-state index is 0.329. The van der Waals surface area contributed by atoms with Crippen molar-refractivity contribution in [3.05, 3.63) is 41.5 Å². The highest BCUT2D eigenvalue weighted by Gasteiger charge is 2.30. The second-order valence-electron chi connectivity index (χ2n) is 5.41. The average molecular weight is 287 g/mol. The second kappa shape index (κ2) is 6.32. The van der Waals surface area contributed by atoms with Crippen LogP contribution < -0.4 is 0 Å². The van der Waals surface area contributed by atoms with E-state index in [4.69, 9.17) is 4.74 Å². The third kappa shape index (κ3) is 2.96. The van der Waals surface area contributed by atoms with Gasteiger partial charge in [0.2, 0.25) is 0 Å². The van der Waals surface area contributed by atoms with Gasteiger partial charge in [-0.2, -0.15) is 0 Å². The molecule has 0 N–H and O–H groups in total. The van der Waals surface area contributed by atoms with Gasteiger partial charge in [-0.1, -0.05) is 5.21 Å². The fraction of sp³-hybridized carbons (Fsp3) is 0.533. The van der Waals surface area contributed by atoms with Crippen LogP contribution in [0.4, 0.5) is 0 Å². The van der Waals surface area contributed by atoms with E-state index in [9.17, 15) is 0 Å². The van der Waals surface area contributed by atoms with Crippen LogP contribution in [0.25, 0.3) is 0 Å². The van der Waals surface area contributed by atoms with Crippen molar-refractivity contribution < 1.29 is 4.74 Å². The molecule has 0 fully saturated rings. The lowest BCUT2D eigenvalue weighted by Gasteiger charge is -2.32. The number of rotatable bonds is 5. The van der Waals surface area contributed by atoms with Gasteiger partial charge >= 0.3 is 0 Å². The van der Waals surface area contributed by atoms with Crippen LogP contribution in [0.15, 0.2) is 24.5 Å². The zero-order valence-electron chi connectivity index (χ0n) is 12.6. The van der Waals surface area contributed by atoms with E-state index in [1.54, 1.807) is 7.11 Å². The fourth-order valence-corrected chi connectivity index (χ4v) is 3.02. The SMILES string of the molecule is CCn1nnc2c1[C@H](COC)CN(Cc1ccncc1)C2. The van der Waals surface area contributed by atoms with Crippen molar-refractivity contribution in [2.24, 2.45) is 0 Å². The molecule has 6 nitrogen and oxygen atoms in total.